The van der Waals surface area contributed by atoms with Crippen molar-refractivity contribution >= 4 is 5.91 Å². The van der Waals surface area contributed by atoms with Crippen LogP contribution >= 0.6 is 0 Å². The number of aromatic nitrogens is 2. The van der Waals surface area contributed by atoms with Gasteiger partial charge in [-0.15, -0.1) is 0 Å². The van der Waals surface area contributed by atoms with Gasteiger partial charge in [-0.2, -0.15) is 8.78 Å². The lowest BCUT2D eigenvalue weighted by molar-refractivity contribution is -0.0498. The molecule has 2 aromatic carbocycles. The van der Waals surface area contributed by atoms with Gasteiger partial charge in [0.1, 0.15) is 11.6 Å². The van der Waals surface area contributed by atoms with Crippen LogP contribution in [0.5, 0.6) is 5.75 Å². The van der Waals surface area contributed by atoms with E-state index in [1.165, 1.54) is 29.8 Å². The van der Waals surface area contributed by atoms with Gasteiger partial charge in [0.2, 0.25) is 0 Å². The zero-order chi connectivity index (χ0) is 19.1. The first-order chi connectivity index (χ1) is 13.1. The summed E-state index contributed by atoms with van der Waals surface area (Å²) in [5.74, 6) is 0.615. The standard InChI is InChI=1S/C20H19F2N3O2/c21-20(22)27-17-8-6-16(7-9-17)19(26)24-11-10-18-23-12-13-25(18)14-15-4-2-1-3-5-15/h1-9,12-13,20H,10-11,14H2,(H,24,26). The van der Waals surface area contributed by atoms with Crippen LogP contribution in [0.2, 0.25) is 0 Å². The molecule has 0 aliphatic rings. The Balaban J connectivity index is 1.51. The van der Waals surface area contributed by atoms with Crippen molar-refractivity contribution in [3.05, 3.63) is 83.9 Å². The summed E-state index contributed by atoms with van der Waals surface area (Å²) in [5.41, 5.74) is 1.55. The van der Waals surface area contributed by atoms with Crippen LogP contribution in [-0.2, 0) is 13.0 Å². The minimum Gasteiger partial charge on any atom is -0.435 e. The van der Waals surface area contributed by atoms with E-state index in [0.717, 1.165) is 12.4 Å². The summed E-state index contributed by atoms with van der Waals surface area (Å²) in [6, 6.07) is 15.6. The van der Waals surface area contributed by atoms with Crippen molar-refractivity contribution in [2.24, 2.45) is 0 Å². The number of nitrogens with one attached hydrogen (secondary N) is 1. The molecular weight excluding hydrogens is 352 g/mol. The number of imidazole rings is 1. The van der Waals surface area contributed by atoms with Crippen molar-refractivity contribution in [2.75, 3.05) is 6.54 Å². The van der Waals surface area contributed by atoms with Gasteiger partial charge in [-0.3, -0.25) is 4.79 Å². The van der Waals surface area contributed by atoms with E-state index in [0.29, 0.717) is 18.5 Å². The summed E-state index contributed by atoms with van der Waals surface area (Å²) in [7, 11) is 0. The first-order valence-corrected chi connectivity index (χ1v) is 8.49. The molecule has 1 amide bonds. The normalized spacial score (nSPS) is 10.8. The zero-order valence-electron chi connectivity index (χ0n) is 14.5. The van der Waals surface area contributed by atoms with Crippen molar-refractivity contribution in [1.82, 2.24) is 14.9 Å². The van der Waals surface area contributed by atoms with Crippen LogP contribution in [-0.4, -0.2) is 28.6 Å². The fourth-order valence-corrected chi connectivity index (χ4v) is 2.67. The zero-order valence-corrected chi connectivity index (χ0v) is 14.5. The van der Waals surface area contributed by atoms with E-state index < -0.39 is 6.61 Å². The third kappa shape index (κ3) is 5.37. The number of amides is 1. The second-order valence-electron chi connectivity index (χ2n) is 5.87. The molecule has 27 heavy (non-hydrogen) atoms. The maximum absolute atomic E-state index is 12.2. The molecular formula is C20H19F2N3O2. The number of benzene rings is 2. The molecule has 1 aromatic heterocycles. The van der Waals surface area contributed by atoms with E-state index in [2.05, 4.69) is 15.0 Å². The number of carbonyl (C=O) groups is 1. The van der Waals surface area contributed by atoms with E-state index in [1.54, 1.807) is 6.20 Å². The van der Waals surface area contributed by atoms with Gasteiger partial charge in [0.15, 0.2) is 0 Å². The lowest BCUT2D eigenvalue weighted by Gasteiger charge is -2.09. The van der Waals surface area contributed by atoms with Crippen molar-refractivity contribution in [1.29, 1.82) is 0 Å². The predicted molar refractivity (Wildman–Crippen MR) is 96.9 cm³/mol. The smallest absolute Gasteiger partial charge is 0.387 e. The molecule has 0 spiro atoms. The fourth-order valence-electron chi connectivity index (χ4n) is 2.67. The van der Waals surface area contributed by atoms with Gasteiger partial charge in [0.25, 0.3) is 5.91 Å². The average molecular weight is 371 g/mol. The van der Waals surface area contributed by atoms with Gasteiger partial charge in [0, 0.05) is 37.5 Å². The molecule has 3 aromatic rings. The molecule has 1 heterocycles. The Morgan fingerprint density at radius 1 is 1.11 bits per heavy atom. The summed E-state index contributed by atoms with van der Waals surface area (Å²) < 4.78 is 30.6. The molecule has 140 valence electrons. The van der Waals surface area contributed by atoms with Gasteiger partial charge >= 0.3 is 6.61 Å². The quantitative estimate of drug-likeness (QED) is 0.659. The Morgan fingerprint density at radius 3 is 2.56 bits per heavy atom. The summed E-state index contributed by atoms with van der Waals surface area (Å²) >= 11 is 0. The maximum atomic E-state index is 12.2. The van der Waals surface area contributed by atoms with E-state index in [9.17, 15) is 13.6 Å². The first-order valence-electron chi connectivity index (χ1n) is 8.49. The van der Waals surface area contributed by atoms with Crippen LogP contribution in [0.25, 0.3) is 0 Å². The highest BCUT2D eigenvalue weighted by Crippen LogP contribution is 2.14. The molecule has 0 saturated carbocycles. The maximum Gasteiger partial charge on any atom is 0.387 e. The number of hydrogen-bond donors (Lipinski definition) is 1. The monoisotopic (exact) mass is 371 g/mol. The number of nitrogens with zero attached hydrogens (tertiary/aromatic N) is 2. The predicted octanol–water partition coefficient (Wildman–Crippen LogP) is 3.51. The van der Waals surface area contributed by atoms with Crippen molar-refractivity contribution in [3.8, 4) is 5.75 Å². The topological polar surface area (TPSA) is 56.2 Å². The molecule has 0 saturated heterocycles. The van der Waals surface area contributed by atoms with Crippen molar-refractivity contribution in [3.63, 3.8) is 0 Å². The van der Waals surface area contributed by atoms with Crippen LogP contribution in [0.3, 0.4) is 0 Å². The molecule has 0 aliphatic carbocycles. The molecule has 0 atom stereocenters. The second kappa shape index (κ2) is 8.93. The summed E-state index contributed by atoms with van der Waals surface area (Å²) in [5, 5.41) is 2.81. The van der Waals surface area contributed by atoms with E-state index in [1.807, 2.05) is 41.1 Å². The van der Waals surface area contributed by atoms with Crippen molar-refractivity contribution < 1.29 is 18.3 Å². The minimum absolute atomic E-state index is 0.0180. The Bertz CT molecular complexity index is 864. The van der Waals surface area contributed by atoms with Gasteiger partial charge in [-0.25, -0.2) is 4.98 Å². The summed E-state index contributed by atoms with van der Waals surface area (Å²) in [6.07, 6.45) is 4.23. The van der Waals surface area contributed by atoms with Gasteiger partial charge < -0.3 is 14.6 Å². The summed E-state index contributed by atoms with van der Waals surface area (Å²) in [6.45, 7) is -1.75. The first kappa shape index (κ1) is 18.6. The van der Waals surface area contributed by atoms with Crippen LogP contribution in [0, 0.1) is 0 Å². The lowest BCUT2D eigenvalue weighted by Crippen LogP contribution is -2.26. The van der Waals surface area contributed by atoms with Crippen molar-refractivity contribution in [2.45, 2.75) is 19.6 Å². The van der Waals surface area contributed by atoms with Gasteiger partial charge in [0.05, 0.1) is 0 Å². The average Bonchev–Trinajstić information content (AvgIpc) is 3.09. The van der Waals surface area contributed by atoms with E-state index in [4.69, 9.17) is 0 Å². The van der Waals surface area contributed by atoms with Crippen LogP contribution in [0.15, 0.2) is 67.0 Å². The van der Waals surface area contributed by atoms with E-state index >= 15 is 0 Å². The number of hydrogen-bond acceptors (Lipinski definition) is 3. The van der Waals surface area contributed by atoms with Gasteiger partial charge in [-0.1, -0.05) is 30.3 Å². The lowest BCUT2D eigenvalue weighted by atomic mass is 10.2. The molecule has 3 rings (SSSR count). The highest BCUT2D eigenvalue weighted by molar-refractivity contribution is 5.94. The largest absolute Gasteiger partial charge is 0.435 e. The third-order valence-corrected chi connectivity index (χ3v) is 3.97. The molecule has 1 N–H and O–H groups in total. The van der Waals surface area contributed by atoms with Crippen LogP contribution < -0.4 is 10.1 Å². The second-order valence-corrected chi connectivity index (χ2v) is 5.87. The molecule has 5 nitrogen and oxygen atoms in total. The highest BCUT2D eigenvalue weighted by Gasteiger charge is 2.09. The minimum atomic E-state index is -2.88. The van der Waals surface area contributed by atoms with Gasteiger partial charge in [-0.05, 0) is 29.8 Å². The number of alkyl halides is 2. The Morgan fingerprint density at radius 2 is 1.85 bits per heavy atom. The Kier molecular flexibility index (Phi) is 6.14. The van der Waals surface area contributed by atoms with Crippen LogP contribution in [0.1, 0.15) is 21.7 Å². The number of carbonyl (C=O) groups excluding carboxylic acids is 1. The Hall–Kier alpha value is -3.22. The number of rotatable bonds is 8. The van der Waals surface area contributed by atoms with Crippen LogP contribution in [0.4, 0.5) is 8.78 Å². The number of ether oxygens (including phenoxy) is 1. The molecule has 0 fully saturated rings. The third-order valence-electron chi connectivity index (χ3n) is 3.97. The molecule has 0 unspecified atom stereocenters. The van der Waals surface area contributed by atoms with E-state index in [-0.39, 0.29) is 11.7 Å². The Labute approximate surface area is 155 Å². The SMILES string of the molecule is O=C(NCCc1nccn1Cc1ccccc1)c1ccc(OC(F)F)cc1. The fraction of sp³-hybridized carbons (Fsp3) is 0.200. The molecule has 0 radical (unpaired) electrons. The summed E-state index contributed by atoms with van der Waals surface area (Å²) in [4.78, 5) is 16.5. The highest BCUT2D eigenvalue weighted by atomic mass is 19.3. The molecule has 0 bridgehead atoms. The number of halogens is 2. The molecule has 7 heteroatoms. The molecule has 0 aliphatic heterocycles.